The maximum atomic E-state index is 5.85. The predicted molar refractivity (Wildman–Crippen MR) is 72.9 cm³/mol. The summed E-state index contributed by atoms with van der Waals surface area (Å²) in [5, 5.41) is 4.29. The van der Waals surface area contributed by atoms with E-state index >= 15 is 0 Å². The number of aromatic nitrogens is 2. The fourth-order valence-corrected chi connectivity index (χ4v) is 2.08. The van der Waals surface area contributed by atoms with Gasteiger partial charge in [0.2, 0.25) is 0 Å². The van der Waals surface area contributed by atoms with Crippen molar-refractivity contribution in [3.8, 4) is 0 Å². The second kappa shape index (κ2) is 5.45. The van der Waals surface area contributed by atoms with Gasteiger partial charge in [-0.1, -0.05) is 19.1 Å². The van der Waals surface area contributed by atoms with Gasteiger partial charge >= 0.3 is 0 Å². The van der Waals surface area contributed by atoms with Gasteiger partial charge in [-0.05, 0) is 19.1 Å². The topological polar surface area (TPSA) is 51.0 Å². The van der Waals surface area contributed by atoms with Gasteiger partial charge in [0.15, 0.2) is 11.4 Å². The van der Waals surface area contributed by atoms with E-state index in [0.717, 1.165) is 46.7 Å². The van der Waals surface area contributed by atoms with Gasteiger partial charge in [-0.3, -0.25) is 0 Å². The van der Waals surface area contributed by atoms with Crippen LogP contribution in [0.2, 0.25) is 0 Å². The molecule has 0 unspecified atom stereocenters. The number of aryl methyl sites for hydroxylation is 1. The molecule has 4 nitrogen and oxygen atoms in total. The number of halogens is 1. The highest BCUT2D eigenvalue weighted by Crippen LogP contribution is 2.30. The molecule has 2 heterocycles. The first-order chi connectivity index (χ1) is 8.83. The number of benzene rings is 1. The lowest BCUT2D eigenvalue weighted by molar-refractivity contribution is -0.00000429. The summed E-state index contributed by atoms with van der Waals surface area (Å²) in [4.78, 5) is 9.07. The van der Waals surface area contributed by atoms with E-state index in [4.69, 9.17) is 4.42 Å². The monoisotopic (exact) mass is 276 g/mol. The van der Waals surface area contributed by atoms with Gasteiger partial charge in [0.25, 0.3) is 0 Å². The molecule has 0 saturated carbocycles. The quantitative estimate of drug-likeness (QED) is 0.751. The van der Waals surface area contributed by atoms with Crippen molar-refractivity contribution in [3.63, 3.8) is 0 Å². The average Bonchev–Trinajstić information content (AvgIpc) is 2.78. The highest BCUT2D eigenvalue weighted by atomic mass is 35.5. The molecule has 3 aromatic rings. The maximum Gasteiger partial charge on any atom is 0.196 e. The molecule has 0 amide bonds. The molecule has 5 heteroatoms. The van der Waals surface area contributed by atoms with Crippen LogP contribution in [0.4, 0.5) is 5.82 Å². The molecular formula is C14H15ClN3O-. The smallest absolute Gasteiger partial charge is 0.196 e. The highest BCUT2D eigenvalue weighted by Gasteiger charge is 2.14. The Labute approximate surface area is 117 Å². The zero-order chi connectivity index (χ0) is 12.5. The Morgan fingerprint density at radius 1 is 1.16 bits per heavy atom. The first-order valence-corrected chi connectivity index (χ1v) is 6.25. The number of rotatable bonds is 3. The summed E-state index contributed by atoms with van der Waals surface area (Å²) in [6.45, 7) is 4.91. The highest BCUT2D eigenvalue weighted by molar-refractivity contribution is 6.05. The number of furan rings is 1. The van der Waals surface area contributed by atoms with E-state index in [-0.39, 0.29) is 12.4 Å². The van der Waals surface area contributed by atoms with Crippen molar-refractivity contribution in [1.82, 2.24) is 9.97 Å². The third-order valence-electron chi connectivity index (χ3n) is 2.93. The summed E-state index contributed by atoms with van der Waals surface area (Å²) in [6, 6.07) is 7.95. The Morgan fingerprint density at radius 3 is 2.68 bits per heavy atom. The van der Waals surface area contributed by atoms with E-state index in [1.165, 1.54) is 0 Å². The molecular weight excluding hydrogens is 262 g/mol. The molecule has 0 bridgehead atoms. The molecule has 0 saturated heterocycles. The Hall–Kier alpha value is -1.81. The van der Waals surface area contributed by atoms with E-state index in [9.17, 15) is 0 Å². The van der Waals surface area contributed by atoms with Crippen molar-refractivity contribution in [3.05, 3.63) is 30.1 Å². The molecule has 19 heavy (non-hydrogen) atoms. The Morgan fingerprint density at radius 2 is 1.95 bits per heavy atom. The van der Waals surface area contributed by atoms with Crippen LogP contribution in [0.25, 0.3) is 22.1 Å². The molecule has 0 spiro atoms. The van der Waals surface area contributed by atoms with Gasteiger partial charge in [-0.2, -0.15) is 0 Å². The minimum Gasteiger partial charge on any atom is -1.00 e. The number of hydrogen-bond acceptors (Lipinski definition) is 4. The predicted octanol–water partition coefficient (Wildman–Crippen LogP) is 0.374. The molecule has 0 fully saturated rings. The number of para-hydroxylation sites is 1. The summed E-state index contributed by atoms with van der Waals surface area (Å²) in [6.07, 6.45) is 0.813. The molecule has 0 aliphatic heterocycles. The molecule has 100 valence electrons. The second-order valence-electron chi connectivity index (χ2n) is 4.15. The Balaban J connectivity index is 0.00000133. The van der Waals surface area contributed by atoms with E-state index in [2.05, 4.69) is 22.2 Å². The first kappa shape index (κ1) is 13.6. The van der Waals surface area contributed by atoms with Crippen molar-refractivity contribution in [2.75, 3.05) is 11.9 Å². The summed E-state index contributed by atoms with van der Waals surface area (Å²) in [7, 11) is 0. The fraction of sp³-hybridized carbons (Fsp3) is 0.286. The fourth-order valence-electron chi connectivity index (χ4n) is 2.08. The van der Waals surface area contributed by atoms with Crippen molar-refractivity contribution in [2.24, 2.45) is 0 Å². The number of hydrogen-bond donors (Lipinski definition) is 1. The summed E-state index contributed by atoms with van der Waals surface area (Å²) >= 11 is 0. The minimum atomic E-state index is 0. The van der Waals surface area contributed by atoms with Crippen LogP contribution in [-0.4, -0.2) is 16.5 Å². The third kappa shape index (κ3) is 2.24. The maximum absolute atomic E-state index is 5.85. The normalized spacial score (nSPS) is 10.6. The number of nitrogens with zero attached hydrogens (tertiary/aromatic N) is 2. The van der Waals surface area contributed by atoms with Crippen LogP contribution in [0.15, 0.2) is 28.7 Å². The van der Waals surface area contributed by atoms with Gasteiger partial charge in [-0.25, -0.2) is 9.97 Å². The van der Waals surface area contributed by atoms with E-state index < -0.39 is 0 Å². The molecule has 0 radical (unpaired) electrons. The largest absolute Gasteiger partial charge is 1.00 e. The van der Waals surface area contributed by atoms with Gasteiger partial charge in [0.1, 0.15) is 16.9 Å². The van der Waals surface area contributed by atoms with Crippen LogP contribution >= 0.6 is 0 Å². The molecule has 2 aromatic heterocycles. The minimum absolute atomic E-state index is 0. The lowest BCUT2D eigenvalue weighted by Gasteiger charge is -2.04. The lowest BCUT2D eigenvalue weighted by Crippen LogP contribution is -3.00. The molecule has 0 aliphatic rings. The van der Waals surface area contributed by atoms with Crippen LogP contribution in [-0.2, 0) is 6.42 Å². The SMILES string of the molecule is CCNc1nc(CC)nc2c1oc1ccccc12.[Cl-]. The van der Waals surface area contributed by atoms with Crippen molar-refractivity contribution in [2.45, 2.75) is 20.3 Å². The van der Waals surface area contributed by atoms with Gasteiger partial charge in [-0.15, -0.1) is 0 Å². The van der Waals surface area contributed by atoms with Crippen molar-refractivity contribution >= 4 is 27.9 Å². The lowest BCUT2D eigenvalue weighted by atomic mass is 10.2. The van der Waals surface area contributed by atoms with Crippen molar-refractivity contribution in [1.29, 1.82) is 0 Å². The van der Waals surface area contributed by atoms with E-state index in [1.54, 1.807) is 0 Å². The Kier molecular flexibility index (Phi) is 3.90. The number of anilines is 1. The zero-order valence-electron chi connectivity index (χ0n) is 10.9. The molecule has 0 atom stereocenters. The van der Waals surface area contributed by atoms with Gasteiger partial charge in [0.05, 0.1) is 0 Å². The number of nitrogens with one attached hydrogen (secondary N) is 1. The summed E-state index contributed by atoms with van der Waals surface area (Å²) in [5.74, 6) is 1.63. The molecule has 1 N–H and O–H groups in total. The number of fused-ring (bicyclic) bond motifs is 3. The molecule has 3 rings (SSSR count). The third-order valence-corrected chi connectivity index (χ3v) is 2.93. The summed E-state index contributed by atoms with van der Waals surface area (Å²) < 4.78 is 5.85. The van der Waals surface area contributed by atoms with Crippen LogP contribution in [0, 0.1) is 0 Å². The first-order valence-electron chi connectivity index (χ1n) is 6.25. The van der Waals surface area contributed by atoms with Crippen LogP contribution < -0.4 is 17.7 Å². The molecule has 1 aromatic carbocycles. The Bertz CT molecular complexity index is 708. The van der Waals surface area contributed by atoms with E-state index in [0.29, 0.717) is 0 Å². The molecule has 0 aliphatic carbocycles. The standard InChI is InChI=1S/C14H15N3O.ClH/c1-3-11-16-12-9-7-5-6-8-10(9)18-13(12)14(17-11)15-4-2;/h5-8H,3-4H2,1-2H3,(H,15,16,17);1H/p-1. The van der Waals surface area contributed by atoms with E-state index in [1.807, 2.05) is 31.2 Å². The van der Waals surface area contributed by atoms with Gasteiger partial charge in [0, 0.05) is 18.4 Å². The van der Waals surface area contributed by atoms with Crippen LogP contribution in [0.5, 0.6) is 0 Å². The van der Waals surface area contributed by atoms with Gasteiger partial charge < -0.3 is 22.1 Å². The zero-order valence-corrected chi connectivity index (χ0v) is 11.7. The van der Waals surface area contributed by atoms with Crippen molar-refractivity contribution < 1.29 is 16.8 Å². The summed E-state index contributed by atoms with van der Waals surface area (Å²) in [5.41, 5.74) is 2.50. The second-order valence-corrected chi connectivity index (χ2v) is 4.15. The van der Waals surface area contributed by atoms with Crippen LogP contribution in [0.3, 0.4) is 0 Å². The van der Waals surface area contributed by atoms with Crippen LogP contribution in [0.1, 0.15) is 19.7 Å². The average molecular weight is 277 g/mol.